The van der Waals surface area contributed by atoms with Gasteiger partial charge in [0.25, 0.3) is 0 Å². The molecule has 0 bridgehead atoms. The Morgan fingerprint density at radius 3 is 2.89 bits per heavy atom. The van der Waals surface area contributed by atoms with E-state index in [2.05, 4.69) is 75.7 Å². The van der Waals surface area contributed by atoms with Crippen molar-refractivity contribution in [1.82, 2.24) is 14.9 Å². The molecule has 1 aromatic heterocycles. The number of aromatic nitrogens is 2. The SMILES string of the molecule is CCNC(CCc1nccn1C)c1cccc(I)c1. The van der Waals surface area contributed by atoms with Gasteiger partial charge in [-0.1, -0.05) is 19.1 Å². The van der Waals surface area contributed by atoms with Crippen LogP contribution in [0, 0.1) is 3.57 Å². The molecule has 1 unspecified atom stereocenters. The summed E-state index contributed by atoms with van der Waals surface area (Å²) in [5.41, 5.74) is 1.36. The molecule has 102 valence electrons. The monoisotopic (exact) mass is 369 g/mol. The van der Waals surface area contributed by atoms with Gasteiger partial charge in [0.2, 0.25) is 0 Å². The summed E-state index contributed by atoms with van der Waals surface area (Å²) in [6.07, 6.45) is 5.93. The fourth-order valence-corrected chi connectivity index (χ4v) is 2.83. The number of aryl methyl sites for hydroxylation is 2. The Balaban J connectivity index is 2.06. The smallest absolute Gasteiger partial charge is 0.108 e. The van der Waals surface area contributed by atoms with Gasteiger partial charge in [-0.2, -0.15) is 0 Å². The second kappa shape index (κ2) is 7.05. The summed E-state index contributed by atoms with van der Waals surface area (Å²) in [5, 5.41) is 3.57. The van der Waals surface area contributed by atoms with Crippen LogP contribution in [0.1, 0.15) is 30.8 Å². The van der Waals surface area contributed by atoms with Crippen molar-refractivity contribution in [3.05, 3.63) is 51.6 Å². The molecule has 0 amide bonds. The van der Waals surface area contributed by atoms with E-state index in [9.17, 15) is 0 Å². The fraction of sp³-hybridized carbons (Fsp3) is 0.400. The standard InChI is InChI=1S/C15H20IN3/c1-3-17-14(12-5-4-6-13(16)11-12)7-8-15-18-9-10-19(15)2/h4-6,9-11,14,17H,3,7-8H2,1-2H3. The second-order valence-electron chi connectivity index (χ2n) is 4.66. The largest absolute Gasteiger partial charge is 0.338 e. The molecular formula is C15H20IN3. The molecule has 0 radical (unpaired) electrons. The predicted molar refractivity (Wildman–Crippen MR) is 87.1 cm³/mol. The highest BCUT2D eigenvalue weighted by molar-refractivity contribution is 14.1. The number of imidazole rings is 1. The Bertz CT molecular complexity index is 522. The van der Waals surface area contributed by atoms with Crippen molar-refractivity contribution < 1.29 is 0 Å². The Morgan fingerprint density at radius 2 is 2.26 bits per heavy atom. The highest BCUT2D eigenvalue weighted by Gasteiger charge is 2.12. The van der Waals surface area contributed by atoms with Gasteiger partial charge in [0.1, 0.15) is 5.82 Å². The van der Waals surface area contributed by atoms with Crippen LogP contribution in [-0.2, 0) is 13.5 Å². The quantitative estimate of drug-likeness (QED) is 0.792. The third-order valence-electron chi connectivity index (χ3n) is 3.28. The average Bonchev–Trinajstić information content (AvgIpc) is 2.80. The maximum Gasteiger partial charge on any atom is 0.108 e. The Labute approximate surface area is 128 Å². The number of benzene rings is 1. The first kappa shape index (κ1) is 14.5. The zero-order chi connectivity index (χ0) is 13.7. The van der Waals surface area contributed by atoms with Crippen molar-refractivity contribution in [2.45, 2.75) is 25.8 Å². The molecule has 0 aliphatic carbocycles. The molecule has 0 spiro atoms. The minimum absolute atomic E-state index is 0.399. The van der Waals surface area contributed by atoms with Crippen molar-refractivity contribution in [2.75, 3.05) is 6.54 Å². The molecule has 0 saturated heterocycles. The molecule has 1 N–H and O–H groups in total. The second-order valence-corrected chi connectivity index (χ2v) is 5.90. The van der Waals surface area contributed by atoms with E-state index in [1.807, 2.05) is 12.4 Å². The Hall–Kier alpha value is -0.880. The zero-order valence-corrected chi connectivity index (χ0v) is 13.6. The molecule has 0 aliphatic rings. The number of rotatable bonds is 6. The number of nitrogens with one attached hydrogen (secondary N) is 1. The van der Waals surface area contributed by atoms with E-state index in [1.165, 1.54) is 9.13 Å². The van der Waals surface area contributed by atoms with Crippen LogP contribution in [0.25, 0.3) is 0 Å². The number of nitrogens with zero attached hydrogens (tertiary/aromatic N) is 2. The highest BCUT2D eigenvalue weighted by atomic mass is 127. The molecule has 0 fully saturated rings. The molecule has 0 saturated carbocycles. The van der Waals surface area contributed by atoms with Crippen molar-refractivity contribution in [3.8, 4) is 0 Å². The van der Waals surface area contributed by atoms with E-state index in [1.54, 1.807) is 0 Å². The van der Waals surface area contributed by atoms with Crippen LogP contribution in [-0.4, -0.2) is 16.1 Å². The Kier molecular flexibility index (Phi) is 5.39. The molecule has 1 aromatic carbocycles. The van der Waals surface area contributed by atoms with Crippen LogP contribution >= 0.6 is 22.6 Å². The lowest BCUT2D eigenvalue weighted by Crippen LogP contribution is -2.22. The number of hydrogen-bond acceptors (Lipinski definition) is 2. The zero-order valence-electron chi connectivity index (χ0n) is 11.4. The van der Waals surface area contributed by atoms with Gasteiger partial charge in [-0.05, 0) is 53.3 Å². The maximum absolute atomic E-state index is 4.39. The minimum Gasteiger partial charge on any atom is -0.338 e. The molecule has 1 heterocycles. The number of hydrogen-bond donors (Lipinski definition) is 1. The third kappa shape index (κ3) is 4.04. The van der Waals surface area contributed by atoms with E-state index in [-0.39, 0.29) is 0 Å². The van der Waals surface area contributed by atoms with E-state index in [0.717, 1.165) is 25.2 Å². The van der Waals surface area contributed by atoms with E-state index < -0.39 is 0 Å². The molecule has 4 heteroatoms. The third-order valence-corrected chi connectivity index (χ3v) is 3.95. The number of halogens is 1. The average molecular weight is 369 g/mol. The lowest BCUT2D eigenvalue weighted by molar-refractivity contribution is 0.505. The Morgan fingerprint density at radius 1 is 1.42 bits per heavy atom. The van der Waals surface area contributed by atoms with Gasteiger partial charge in [-0.15, -0.1) is 0 Å². The first-order chi connectivity index (χ1) is 9.20. The molecule has 3 nitrogen and oxygen atoms in total. The summed E-state index contributed by atoms with van der Waals surface area (Å²) in [5.74, 6) is 1.15. The predicted octanol–water partition coefficient (Wildman–Crippen LogP) is 3.31. The minimum atomic E-state index is 0.399. The van der Waals surface area contributed by atoms with Crippen LogP contribution < -0.4 is 5.32 Å². The summed E-state index contributed by atoms with van der Waals surface area (Å²) in [7, 11) is 2.05. The highest BCUT2D eigenvalue weighted by Crippen LogP contribution is 2.20. The van der Waals surface area contributed by atoms with Crippen molar-refractivity contribution in [2.24, 2.45) is 7.05 Å². The van der Waals surface area contributed by atoms with Crippen molar-refractivity contribution >= 4 is 22.6 Å². The molecule has 2 aromatic rings. The molecular weight excluding hydrogens is 349 g/mol. The fourth-order valence-electron chi connectivity index (χ4n) is 2.27. The van der Waals surface area contributed by atoms with Crippen LogP contribution in [0.3, 0.4) is 0 Å². The van der Waals surface area contributed by atoms with Crippen LogP contribution in [0.5, 0.6) is 0 Å². The first-order valence-corrected chi connectivity index (χ1v) is 7.73. The summed E-state index contributed by atoms with van der Waals surface area (Å²) >= 11 is 2.37. The molecule has 0 aliphatic heterocycles. The topological polar surface area (TPSA) is 29.9 Å². The summed E-state index contributed by atoms with van der Waals surface area (Å²) in [4.78, 5) is 4.39. The van der Waals surface area contributed by atoms with E-state index >= 15 is 0 Å². The summed E-state index contributed by atoms with van der Waals surface area (Å²) < 4.78 is 3.38. The molecule has 2 rings (SSSR count). The van der Waals surface area contributed by atoms with Gasteiger partial charge in [0, 0.05) is 35.5 Å². The van der Waals surface area contributed by atoms with Crippen LogP contribution in [0.2, 0.25) is 0 Å². The van der Waals surface area contributed by atoms with Gasteiger partial charge >= 0.3 is 0 Å². The van der Waals surface area contributed by atoms with Crippen LogP contribution in [0.15, 0.2) is 36.7 Å². The van der Waals surface area contributed by atoms with Gasteiger partial charge < -0.3 is 9.88 Å². The van der Waals surface area contributed by atoms with Crippen molar-refractivity contribution in [3.63, 3.8) is 0 Å². The van der Waals surface area contributed by atoms with Gasteiger partial charge in [-0.3, -0.25) is 0 Å². The summed E-state index contributed by atoms with van der Waals surface area (Å²) in [6, 6.07) is 9.12. The molecule has 1 atom stereocenters. The van der Waals surface area contributed by atoms with Gasteiger partial charge in [0.05, 0.1) is 0 Å². The van der Waals surface area contributed by atoms with Gasteiger partial charge in [0.15, 0.2) is 0 Å². The van der Waals surface area contributed by atoms with E-state index in [0.29, 0.717) is 6.04 Å². The van der Waals surface area contributed by atoms with Crippen LogP contribution in [0.4, 0.5) is 0 Å². The first-order valence-electron chi connectivity index (χ1n) is 6.65. The maximum atomic E-state index is 4.39. The summed E-state index contributed by atoms with van der Waals surface area (Å²) in [6.45, 7) is 3.14. The van der Waals surface area contributed by atoms with Gasteiger partial charge in [-0.25, -0.2) is 4.98 Å². The molecule has 19 heavy (non-hydrogen) atoms. The normalized spacial score (nSPS) is 12.6. The lowest BCUT2D eigenvalue weighted by Gasteiger charge is -2.18. The van der Waals surface area contributed by atoms with Crippen molar-refractivity contribution in [1.29, 1.82) is 0 Å². The van der Waals surface area contributed by atoms with E-state index in [4.69, 9.17) is 0 Å². The lowest BCUT2D eigenvalue weighted by atomic mass is 10.0.